The fourth-order valence-electron chi connectivity index (χ4n) is 2.20. The number of aromatic nitrogens is 3. The van der Waals surface area contributed by atoms with E-state index in [0.29, 0.717) is 11.6 Å². The Balaban J connectivity index is 1.91. The zero-order valence-corrected chi connectivity index (χ0v) is 11.7. The SMILES string of the molecule is CCCNC(C)CCCn1ccn2nccc2c1=O. The first-order chi connectivity index (χ1) is 9.22. The van der Waals surface area contributed by atoms with E-state index >= 15 is 0 Å². The smallest absolute Gasteiger partial charge is 0.276 e. The fraction of sp³-hybridized carbons (Fsp3) is 0.571. The van der Waals surface area contributed by atoms with Crippen LogP contribution in [0.3, 0.4) is 0 Å². The molecule has 19 heavy (non-hydrogen) atoms. The standard InChI is InChI=1S/C14H22N4O/c1-3-7-15-12(2)5-4-9-17-10-11-18-13(14(17)19)6-8-16-18/h6,8,10-12,15H,3-5,7,9H2,1-2H3. The Morgan fingerprint density at radius 1 is 1.42 bits per heavy atom. The Kier molecular flexibility index (Phi) is 4.74. The molecule has 0 radical (unpaired) electrons. The van der Waals surface area contributed by atoms with Gasteiger partial charge in [0, 0.05) is 25.0 Å². The highest BCUT2D eigenvalue weighted by Crippen LogP contribution is 2.00. The molecule has 5 nitrogen and oxygen atoms in total. The third-order valence-corrected chi connectivity index (χ3v) is 3.32. The Hall–Kier alpha value is -1.62. The second-order valence-corrected chi connectivity index (χ2v) is 4.96. The fourth-order valence-corrected chi connectivity index (χ4v) is 2.20. The molecular formula is C14H22N4O. The van der Waals surface area contributed by atoms with E-state index < -0.39 is 0 Å². The van der Waals surface area contributed by atoms with Crippen molar-refractivity contribution in [1.82, 2.24) is 19.5 Å². The first-order valence-electron chi connectivity index (χ1n) is 6.98. The summed E-state index contributed by atoms with van der Waals surface area (Å²) in [6.45, 7) is 6.18. The van der Waals surface area contributed by atoms with Gasteiger partial charge in [0.2, 0.25) is 0 Å². The molecule has 0 spiro atoms. The van der Waals surface area contributed by atoms with Gasteiger partial charge in [-0.05, 0) is 38.8 Å². The quantitative estimate of drug-likeness (QED) is 0.825. The number of nitrogens with zero attached hydrogens (tertiary/aromatic N) is 3. The molecule has 2 rings (SSSR count). The van der Waals surface area contributed by atoms with Crippen LogP contribution in [-0.4, -0.2) is 26.8 Å². The summed E-state index contributed by atoms with van der Waals surface area (Å²) in [6.07, 6.45) is 8.53. The van der Waals surface area contributed by atoms with Crippen molar-refractivity contribution in [2.24, 2.45) is 0 Å². The molecular weight excluding hydrogens is 240 g/mol. The summed E-state index contributed by atoms with van der Waals surface area (Å²) < 4.78 is 3.38. The first-order valence-corrected chi connectivity index (χ1v) is 6.98. The summed E-state index contributed by atoms with van der Waals surface area (Å²) in [4.78, 5) is 12.1. The zero-order chi connectivity index (χ0) is 13.7. The highest BCUT2D eigenvalue weighted by atomic mass is 16.1. The number of hydrogen-bond donors (Lipinski definition) is 1. The average Bonchev–Trinajstić information content (AvgIpc) is 2.88. The largest absolute Gasteiger partial charge is 0.314 e. The predicted molar refractivity (Wildman–Crippen MR) is 76.4 cm³/mol. The molecule has 0 amide bonds. The van der Waals surface area contributed by atoms with Gasteiger partial charge in [0.05, 0.1) is 6.20 Å². The van der Waals surface area contributed by atoms with Crippen LogP contribution in [0.5, 0.6) is 0 Å². The minimum Gasteiger partial charge on any atom is -0.314 e. The molecule has 0 aliphatic carbocycles. The molecule has 2 heterocycles. The normalized spacial score (nSPS) is 12.9. The molecule has 0 bridgehead atoms. The van der Waals surface area contributed by atoms with Gasteiger partial charge < -0.3 is 9.88 Å². The maximum Gasteiger partial charge on any atom is 0.276 e. The van der Waals surface area contributed by atoms with Gasteiger partial charge in [0.25, 0.3) is 5.56 Å². The zero-order valence-electron chi connectivity index (χ0n) is 11.7. The van der Waals surface area contributed by atoms with Crippen LogP contribution in [0.2, 0.25) is 0 Å². The van der Waals surface area contributed by atoms with Gasteiger partial charge in [-0.2, -0.15) is 5.10 Å². The second-order valence-electron chi connectivity index (χ2n) is 4.96. The monoisotopic (exact) mass is 262 g/mol. The molecule has 2 aromatic heterocycles. The van der Waals surface area contributed by atoms with Crippen LogP contribution in [0.15, 0.2) is 29.5 Å². The van der Waals surface area contributed by atoms with Gasteiger partial charge in [-0.3, -0.25) is 4.79 Å². The van der Waals surface area contributed by atoms with Crippen LogP contribution in [0.25, 0.3) is 5.52 Å². The summed E-state index contributed by atoms with van der Waals surface area (Å²) in [7, 11) is 0. The Bertz CT molecular complexity index is 572. The first kappa shape index (κ1) is 13.8. The molecule has 2 aromatic rings. The van der Waals surface area contributed by atoms with Crippen molar-refractivity contribution in [3.63, 3.8) is 0 Å². The Morgan fingerprint density at radius 3 is 3.05 bits per heavy atom. The lowest BCUT2D eigenvalue weighted by molar-refractivity contribution is 0.472. The number of rotatable bonds is 7. The Labute approximate surface area is 113 Å². The summed E-state index contributed by atoms with van der Waals surface area (Å²) in [5.41, 5.74) is 0.675. The molecule has 1 N–H and O–H groups in total. The third-order valence-electron chi connectivity index (χ3n) is 3.32. The molecule has 0 saturated heterocycles. The molecule has 0 aromatic carbocycles. The summed E-state index contributed by atoms with van der Waals surface area (Å²) >= 11 is 0. The van der Waals surface area contributed by atoms with E-state index in [9.17, 15) is 4.79 Å². The van der Waals surface area contributed by atoms with Gasteiger partial charge in [-0.15, -0.1) is 0 Å². The highest BCUT2D eigenvalue weighted by molar-refractivity contribution is 5.42. The maximum atomic E-state index is 12.1. The molecule has 104 valence electrons. The maximum absolute atomic E-state index is 12.1. The second kappa shape index (κ2) is 6.52. The van der Waals surface area contributed by atoms with Crippen molar-refractivity contribution in [2.75, 3.05) is 6.54 Å². The minimum atomic E-state index is 0.0363. The molecule has 1 atom stereocenters. The number of nitrogens with one attached hydrogen (secondary N) is 1. The topological polar surface area (TPSA) is 51.3 Å². The number of hydrogen-bond acceptors (Lipinski definition) is 3. The van der Waals surface area contributed by atoms with Gasteiger partial charge in [-0.1, -0.05) is 6.92 Å². The van der Waals surface area contributed by atoms with E-state index in [1.165, 1.54) is 0 Å². The highest BCUT2D eigenvalue weighted by Gasteiger charge is 2.04. The van der Waals surface area contributed by atoms with E-state index in [0.717, 1.165) is 32.4 Å². The van der Waals surface area contributed by atoms with Crippen LogP contribution < -0.4 is 10.9 Å². The van der Waals surface area contributed by atoms with E-state index in [1.54, 1.807) is 21.3 Å². The summed E-state index contributed by atoms with van der Waals surface area (Å²) in [5.74, 6) is 0. The molecule has 0 fully saturated rings. The summed E-state index contributed by atoms with van der Waals surface area (Å²) in [6, 6.07) is 2.26. The van der Waals surface area contributed by atoms with Crippen molar-refractivity contribution in [1.29, 1.82) is 0 Å². The molecule has 0 aliphatic heterocycles. The van der Waals surface area contributed by atoms with E-state index in [2.05, 4.69) is 24.3 Å². The average molecular weight is 262 g/mol. The van der Waals surface area contributed by atoms with Gasteiger partial charge in [0.1, 0.15) is 5.52 Å². The lowest BCUT2D eigenvalue weighted by Crippen LogP contribution is -2.27. The molecule has 0 aliphatic rings. The van der Waals surface area contributed by atoms with Crippen molar-refractivity contribution in [3.8, 4) is 0 Å². The number of aryl methyl sites for hydroxylation is 1. The molecule has 1 unspecified atom stereocenters. The predicted octanol–water partition coefficient (Wildman–Crippen LogP) is 1.66. The van der Waals surface area contributed by atoms with Gasteiger partial charge >= 0.3 is 0 Å². The van der Waals surface area contributed by atoms with Gasteiger partial charge in [0.15, 0.2) is 0 Å². The minimum absolute atomic E-state index is 0.0363. The van der Waals surface area contributed by atoms with Crippen LogP contribution in [-0.2, 0) is 6.54 Å². The number of fused-ring (bicyclic) bond motifs is 1. The lowest BCUT2D eigenvalue weighted by atomic mass is 10.2. The third kappa shape index (κ3) is 3.44. The summed E-state index contributed by atoms with van der Waals surface area (Å²) in [5, 5.41) is 7.51. The van der Waals surface area contributed by atoms with E-state index in [1.807, 2.05) is 12.4 Å². The van der Waals surface area contributed by atoms with Gasteiger partial charge in [-0.25, -0.2) is 4.52 Å². The van der Waals surface area contributed by atoms with Crippen LogP contribution >= 0.6 is 0 Å². The van der Waals surface area contributed by atoms with E-state index in [4.69, 9.17) is 0 Å². The van der Waals surface area contributed by atoms with Crippen molar-refractivity contribution in [3.05, 3.63) is 35.0 Å². The Morgan fingerprint density at radius 2 is 2.26 bits per heavy atom. The van der Waals surface area contributed by atoms with Crippen LogP contribution in [0.4, 0.5) is 0 Å². The van der Waals surface area contributed by atoms with E-state index in [-0.39, 0.29) is 5.56 Å². The van der Waals surface area contributed by atoms with Crippen LogP contribution in [0.1, 0.15) is 33.1 Å². The van der Waals surface area contributed by atoms with Crippen LogP contribution in [0, 0.1) is 0 Å². The van der Waals surface area contributed by atoms with Crippen molar-refractivity contribution >= 4 is 5.52 Å². The van der Waals surface area contributed by atoms with Crippen molar-refractivity contribution < 1.29 is 0 Å². The molecule has 0 saturated carbocycles. The van der Waals surface area contributed by atoms with Crippen molar-refractivity contribution in [2.45, 2.75) is 45.7 Å². The molecule has 5 heteroatoms. The lowest BCUT2D eigenvalue weighted by Gasteiger charge is -2.13.